The number of nitrogens with zero attached hydrogens (tertiary/aromatic N) is 2. The number of anilines is 1. The zero-order chi connectivity index (χ0) is 13.7. The number of methoxy groups -OCH3 is 1. The van der Waals surface area contributed by atoms with Crippen LogP contribution < -0.4 is 10.1 Å². The monoisotopic (exact) mass is 315 g/mol. The van der Waals surface area contributed by atoms with E-state index in [1.807, 2.05) is 0 Å². The minimum absolute atomic E-state index is 0.554. The van der Waals surface area contributed by atoms with E-state index in [1.54, 1.807) is 13.3 Å². The van der Waals surface area contributed by atoms with Gasteiger partial charge in [0.1, 0.15) is 0 Å². The van der Waals surface area contributed by atoms with Crippen LogP contribution in [0.3, 0.4) is 0 Å². The smallest absolute Gasteiger partial charge is 0.232 e. The molecular formula is C13H22BrN3O. The van der Waals surface area contributed by atoms with Crippen LogP contribution >= 0.6 is 15.9 Å². The molecule has 0 radical (unpaired) electrons. The summed E-state index contributed by atoms with van der Waals surface area (Å²) in [5.41, 5.74) is 0. The molecule has 0 saturated carbocycles. The van der Waals surface area contributed by atoms with Gasteiger partial charge in [0.05, 0.1) is 17.8 Å². The molecule has 4 nitrogen and oxygen atoms in total. The number of nitrogens with one attached hydrogen (secondary N) is 1. The quantitative estimate of drug-likeness (QED) is 0.871. The fourth-order valence-electron chi connectivity index (χ4n) is 2.03. The van der Waals surface area contributed by atoms with Crippen molar-refractivity contribution in [1.82, 2.24) is 9.97 Å². The summed E-state index contributed by atoms with van der Waals surface area (Å²) < 4.78 is 5.91. The van der Waals surface area contributed by atoms with Crippen molar-refractivity contribution in [2.24, 2.45) is 17.8 Å². The zero-order valence-electron chi connectivity index (χ0n) is 11.7. The van der Waals surface area contributed by atoms with Gasteiger partial charge in [-0.3, -0.25) is 0 Å². The van der Waals surface area contributed by atoms with Crippen LogP contribution in [-0.2, 0) is 0 Å². The molecule has 0 atom stereocenters. The molecule has 1 aromatic heterocycles. The fourth-order valence-corrected chi connectivity index (χ4v) is 2.38. The molecule has 0 bridgehead atoms. The van der Waals surface area contributed by atoms with Crippen LogP contribution in [0.25, 0.3) is 0 Å². The van der Waals surface area contributed by atoms with Crippen molar-refractivity contribution in [3.05, 3.63) is 10.7 Å². The van der Waals surface area contributed by atoms with Crippen LogP contribution in [-0.4, -0.2) is 23.6 Å². The highest BCUT2D eigenvalue weighted by Crippen LogP contribution is 2.23. The number of rotatable bonds is 6. The Balaban J connectivity index is 2.67. The van der Waals surface area contributed by atoms with E-state index in [1.165, 1.54) is 0 Å². The van der Waals surface area contributed by atoms with Gasteiger partial charge in [0.15, 0.2) is 0 Å². The molecule has 0 fully saturated rings. The lowest BCUT2D eigenvalue weighted by Crippen LogP contribution is -2.25. The first kappa shape index (κ1) is 15.2. The zero-order valence-corrected chi connectivity index (χ0v) is 13.3. The highest BCUT2D eigenvalue weighted by molar-refractivity contribution is 9.10. The van der Waals surface area contributed by atoms with Gasteiger partial charge in [-0.05, 0) is 33.7 Å². The van der Waals surface area contributed by atoms with Crippen molar-refractivity contribution >= 4 is 21.9 Å². The van der Waals surface area contributed by atoms with Crippen LogP contribution in [0.15, 0.2) is 10.7 Å². The first-order valence-electron chi connectivity index (χ1n) is 6.26. The van der Waals surface area contributed by atoms with Gasteiger partial charge >= 0.3 is 0 Å². The van der Waals surface area contributed by atoms with Crippen molar-refractivity contribution in [3.8, 4) is 5.88 Å². The van der Waals surface area contributed by atoms with Crippen LogP contribution in [0, 0.1) is 17.8 Å². The molecule has 0 unspecified atom stereocenters. The van der Waals surface area contributed by atoms with Gasteiger partial charge in [0, 0.05) is 6.54 Å². The molecule has 0 aromatic carbocycles. The lowest BCUT2D eigenvalue weighted by molar-refractivity contribution is 0.304. The number of halogens is 1. The Labute approximate surface area is 118 Å². The number of hydrogen-bond donors (Lipinski definition) is 1. The number of hydrogen-bond acceptors (Lipinski definition) is 4. The molecule has 0 spiro atoms. The average molecular weight is 316 g/mol. The third-order valence-electron chi connectivity index (χ3n) is 3.11. The first-order chi connectivity index (χ1) is 8.45. The van der Waals surface area contributed by atoms with Gasteiger partial charge in [-0.1, -0.05) is 27.7 Å². The molecule has 1 aromatic rings. The molecule has 0 saturated heterocycles. The Morgan fingerprint density at radius 1 is 1.28 bits per heavy atom. The maximum atomic E-state index is 5.15. The summed E-state index contributed by atoms with van der Waals surface area (Å²) in [6.45, 7) is 9.86. The van der Waals surface area contributed by atoms with Crippen molar-refractivity contribution in [2.75, 3.05) is 19.0 Å². The summed E-state index contributed by atoms with van der Waals surface area (Å²) in [5, 5.41) is 3.29. The molecule has 102 valence electrons. The Kier molecular flexibility index (Phi) is 5.85. The van der Waals surface area contributed by atoms with Crippen LogP contribution in [0.4, 0.5) is 5.95 Å². The predicted molar refractivity (Wildman–Crippen MR) is 77.9 cm³/mol. The van der Waals surface area contributed by atoms with Gasteiger partial charge in [0.25, 0.3) is 0 Å². The third kappa shape index (κ3) is 4.12. The Morgan fingerprint density at radius 2 is 1.89 bits per heavy atom. The molecule has 1 heterocycles. The van der Waals surface area contributed by atoms with Crippen molar-refractivity contribution in [3.63, 3.8) is 0 Å². The minimum atomic E-state index is 0.554. The van der Waals surface area contributed by atoms with Crippen LogP contribution in [0.5, 0.6) is 5.88 Å². The third-order valence-corrected chi connectivity index (χ3v) is 3.66. The van der Waals surface area contributed by atoms with Crippen LogP contribution in [0.2, 0.25) is 0 Å². The second-order valence-corrected chi connectivity index (χ2v) is 5.94. The Bertz CT molecular complexity index is 374. The van der Waals surface area contributed by atoms with Gasteiger partial charge in [-0.25, -0.2) is 4.98 Å². The maximum Gasteiger partial charge on any atom is 0.232 e. The molecule has 0 aliphatic heterocycles. The lowest BCUT2D eigenvalue weighted by Gasteiger charge is -2.25. The molecule has 0 amide bonds. The SMILES string of the molecule is COc1nc(NCC(C(C)C)C(C)C)ncc1Br. The average Bonchev–Trinajstić information content (AvgIpc) is 2.30. The molecule has 1 N–H and O–H groups in total. The summed E-state index contributed by atoms with van der Waals surface area (Å²) in [4.78, 5) is 8.52. The van der Waals surface area contributed by atoms with Gasteiger partial charge in [0.2, 0.25) is 11.8 Å². The lowest BCUT2D eigenvalue weighted by atomic mass is 9.85. The second-order valence-electron chi connectivity index (χ2n) is 5.08. The summed E-state index contributed by atoms with van der Waals surface area (Å²) in [6, 6.07) is 0. The topological polar surface area (TPSA) is 47.0 Å². The number of aromatic nitrogens is 2. The van der Waals surface area contributed by atoms with Crippen molar-refractivity contribution in [1.29, 1.82) is 0 Å². The van der Waals surface area contributed by atoms with E-state index in [4.69, 9.17) is 4.74 Å². The Morgan fingerprint density at radius 3 is 2.39 bits per heavy atom. The van der Waals surface area contributed by atoms with E-state index in [-0.39, 0.29) is 0 Å². The molecule has 0 aliphatic rings. The van der Waals surface area contributed by atoms with E-state index in [2.05, 4.69) is 58.9 Å². The van der Waals surface area contributed by atoms with Gasteiger partial charge in [-0.15, -0.1) is 0 Å². The fraction of sp³-hybridized carbons (Fsp3) is 0.692. The van der Waals surface area contributed by atoms with Crippen LogP contribution in [0.1, 0.15) is 27.7 Å². The normalized spacial score (nSPS) is 11.4. The standard InChI is InChI=1S/C13H22BrN3O/c1-8(2)10(9(3)4)6-15-13-16-7-11(14)12(17-13)18-5/h7-10H,6H2,1-5H3,(H,15,16,17). The highest BCUT2D eigenvalue weighted by atomic mass is 79.9. The summed E-state index contributed by atoms with van der Waals surface area (Å²) in [6.07, 6.45) is 1.70. The van der Waals surface area contributed by atoms with E-state index in [9.17, 15) is 0 Å². The van der Waals surface area contributed by atoms with E-state index < -0.39 is 0 Å². The maximum absolute atomic E-state index is 5.15. The summed E-state index contributed by atoms with van der Waals surface area (Å²) in [7, 11) is 1.60. The van der Waals surface area contributed by atoms with Crippen molar-refractivity contribution < 1.29 is 4.74 Å². The van der Waals surface area contributed by atoms with E-state index in [0.29, 0.717) is 29.6 Å². The van der Waals surface area contributed by atoms with E-state index >= 15 is 0 Å². The number of ether oxygens (including phenoxy) is 1. The minimum Gasteiger partial charge on any atom is -0.480 e. The van der Waals surface area contributed by atoms with E-state index in [0.717, 1.165) is 11.0 Å². The van der Waals surface area contributed by atoms with Crippen molar-refractivity contribution in [2.45, 2.75) is 27.7 Å². The van der Waals surface area contributed by atoms with Gasteiger partial charge < -0.3 is 10.1 Å². The molecule has 1 rings (SSSR count). The highest BCUT2D eigenvalue weighted by Gasteiger charge is 2.17. The summed E-state index contributed by atoms with van der Waals surface area (Å²) >= 11 is 3.34. The molecule has 5 heteroatoms. The Hall–Kier alpha value is -0.840. The summed E-state index contributed by atoms with van der Waals surface area (Å²) in [5.74, 6) is 3.03. The predicted octanol–water partition coefficient (Wildman–Crippen LogP) is 3.59. The second kappa shape index (κ2) is 6.92. The molecular weight excluding hydrogens is 294 g/mol. The van der Waals surface area contributed by atoms with Gasteiger partial charge in [-0.2, -0.15) is 4.98 Å². The molecule has 0 aliphatic carbocycles. The molecule has 18 heavy (non-hydrogen) atoms. The first-order valence-corrected chi connectivity index (χ1v) is 7.05. The largest absolute Gasteiger partial charge is 0.480 e.